The van der Waals surface area contributed by atoms with E-state index in [1.807, 2.05) is 25.1 Å². The van der Waals surface area contributed by atoms with Gasteiger partial charge < -0.3 is 10.6 Å². The molecule has 3 rings (SSSR count). The lowest BCUT2D eigenvalue weighted by Gasteiger charge is -2.20. The molecule has 20 heavy (non-hydrogen) atoms. The number of piperidine rings is 1. The summed E-state index contributed by atoms with van der Waals surface area (Å²) in [6, 6.07) is 5.77. The van der Waals surface area contributed by atoms with Gasteiger partial charge in [0, 0.05) is 10.8 Å². The lowest BCUT2D eigenvalue weighted by Crippen LogP contribution is -2.24. The number of likely N-dealkylation sites (tertiary alicyclic amines) is 1. The third-order valence-corrected chi connectivity index (χ3v) is 3.86. The summed E-state index contributed by atoms with van der Waals surface area (Å²) >= 11 is 5.87. The maximum Gasteiger partial charge on any atom is 0.159 e. The van der Waals surface area contributed by atoms with Gasteiger partial charge in [-0.15, -0.1) is 10.2 Å². The number of rotatable bonds is 0. The summed E-state index contributed by atoms with van der Waals surface area (Å²) in [4.78, 5) is 2.39. The number of nitrogens with two attached hydrogens (primary N) is 1. The zero-order valence-corrected chi connectivity index (χ0v) is 12.8. The number of fused-ring (bicyclic) bond motifs is 1. The second-order valence-electron chi connectivity index (χ2n) is 5.24. The van der Waals surface area contributed by atoms with Crippen molar-refractivity contribution in [1.82, 2.24) is 15.1 Å². The summed E-state index contributed by atoms with van der Waals surface area (Å²) in [5, 5.41) is 9.65. The van der Waals surface area contributed by atoms with Crippen molar-refractivity contribution < 1.29 is 0 Å². The second-order valence-corrected chi connectivity index (χ2v) is 5.60. The topological polar surface area (TPSA) is 55.0 Å². The highest BCUT2D eigenvalue weighted by Crippen LogP contribution is 2.26. The van der Waals surface area contributed by atoms with Crippen LogP contribution in [0.5, 0.6) is 0 Å². The van der Waals surface area contributed by atoms with Crippen molar-refractivity contribution in [3.05, 3.63) is 28.9 Å². The van der Waals surface area contributed by atoms with Crippen LogP contribution in [0.4, 0.5) is 5.82 Å². The van der Waals surface area contributed by atoms with Crippen LogP contribution in [0.15, 0.2) is 18.2 Å². The van der Waals surface area contributed by atoms with Gasteiger partial charge in [0.1, 0.15) is 0 Å². The minimum Gasteiger partial charge on any atom is -0.382 e. The van der Waals surface area contributed by atoms with Crippen LogP contribution in [0.25, 0.3) is 10.8 Å². The number of aryl methyl sites for hydroxylation is 1. The zero-order valence-electron chi connectivity index (χ0n) is 12.1. The van der Waals surface area contributed by atoms with E-state index in [-0.39, 0.29) is 0 Å². The van der Waals surface area contributed by atoms with E-state index in [1.165, 1.54) is 32.4 Å². The molecule has 0 bridgehead atoms. The van der Waals surface area contributed by atoms with E-state index in [0.29, 0.717) is 11.0 Å². The van der Waals surface area contributed by atoms with Crippen LogP contribution in [-0.2, 0) is 0 Å². The molecule has 1 aromatic carbocycles. The van der Waals surface area contributed by atoms with E-state index < -0.39 is 0 Å². The van der Waals surface area contributed by atoms with Gasteiger partial charge in [-0.25, -0.2) is 0 Å². The van der Waals surface area contributed by atoms with Gasteiger partial charge >= 0.3 is 0 Å². The normalized spacial score (nSPS) is 15.8. The van der Waals surface area contributed by atoms with E-state index in [9.17, 15) is 0 Å². The van der Waals surface area contributed by atoms with E-state index in [0.717, 1.165) is 16.3 Å². The molecule has 0 atom stereocenters. The number of hydrogen-bond acceptors (Lipinski definition) is 4. The van der Waals surface area contributed by atoms with Gasteiger partial charge in [-0.1, -0.05) is 36.2 Å². The quantitative estimate of drug-likeness (QED) is 0.809. The van der Waals surface area contributed by atoms with Gasteiger partial charge in [-0.2, -0.15) is 0 Å². The largest absolute Gasteiger partial charge is 0.382 e. The summed E-state index contributed by atoms with van der Waals surface area (Å²) < 4.78 is 0. The number of nitrogen functional groups attached to an aromatic ring is 1. The van der Waals surface area contributed by atoms with Gasteiger partial charge in [0.25, 0.3) is 0 Å². The first-order chi connectivity index (χ1) is 9.59. The zero-order chi connectivity index (χ0) is 14.5. The summed E-state index contributed by atoms with van der Waals surface area (Å²) in [6.45, 7) is 4.61. The molecule has 2 N–H and O–H groups in total. The van der Waals surface area contributed by atoms with Crippen molar-refractivity contribution in [2.45, 2.75) is 26.2 Å². The van der Waals surface area contributed by atoms with E-state index in [4.69, 9.17) is 17.3 Å². The van der Waals surface area contributed by atoms with Crippen LogP contribution in [-0.4, -0.2) is 35.2 Å². The average Bonchev–Trinajstić information content (AvgIpc) is 2.45. The molecule has 2 aromatic rings. The number of halogens is 1. The minimum atomic E-state index is 0.396. The Morgan fingerprint density at radius 1 is 1.15 bits per heavy atom. The first-order valence-electron chi connectivity index (χ1n) is 6.95. The van der Waals surface area contributed by atoms with E-state index in [2.05, 4.69) is 22.1 Å². The SMILES string of the molecule is CN1CCCCC1.Cc1cccc2c(Cl)nnc(N)c12. The van der Waals surface area contributed by atoms with E-state index >= 15 is 0 Å². The molecule has 1 aromatic heterocycles. The Morgan fingerprint density at radius 2 is 1.85 bits per heavy atom. The highest BCUT2D eigenvalue weighted by atomic mass is 35.5. The Hall–Kier alpha value is -1.39. The Bertz CT molecular complexity index is 571. The number of benzene rings is 1. The summed E-state index contributed by atoms with van der Waals surface area (Å²) in [7, 11) is 2.19. The molecule has 1 aliphatic rings. The molecule has 5 heteroatoms. The fraction of sp³-hybridized carbons (Fsp3) is 0.467. The van der Waals surface area contributed by atoms with Crippen LogP contribution < -0.4 is 5.73 Å². The van der Waals surface area contributed by atoms with Crippen molar-refractivity contribution in [2.24, 2.45) is 0 Å². The minimum absolute atomic E-state index is 0.396. The van der Waals surface area contributed by atoms with Crippen LogP contribution in [0.3, 0.4) is 0 Å². The van der Waals surface area contributed by atoms with Crippen molar-refractivity contribution in [3.8, 4) is 0 Å². The highest BCUT2D eigenvalue weighted by molar-refractivity contribution is 6.34. The van der Waals surface area contributed by atoms with Crippen molar-refractivity contribution >= 4 is 28.2 Å². The van der Waals surface area contributed by atoms with Crippen LogP contribution in [0.2, 0.25) is 5.15 Å². The fourth-order valence-electron chi connectivity index (χ4n) is 2.43. The van der Waals surface area contributed by atoms with Gasteiger partial charge in [0.15, 0.2) is 11.0 Å². The molecule has 0 saturated carbocycles. The highest BCUT2D eigenvalue weighted by Gasteiger charge is 2.06. The third kappa shape index (κ3) is 3.58. The number of hydrogen-bond donors (Lipinski definition) is 1. The molecule has 1 aliphatic heterocycles. The number of nitrogens with zero attached hydrogens (tertiary/aromatic N) is 3. The Labute approximate surface area is 124 Å². The Balaban J connectivity index is 0.000000178. The molecular weight excluding hydrogens is 272 g/mol. The molecule has 0 aliphatic carbocycles. The lowest BCUT2D eigenvalue weighted by atomic mass is 10.1. The molecule has 1 fully saturated rings. The smallest absolute Gasteiger partial charge is 0.159 e. The molecule has 0 unspecified atom stereocenters. The molecule has 4 nitrogen and oxygen atoms in total. The first-order valence-corrected chi connectivity index (χ1v) is 7.33. The second kappa shape index (κ2) is 6.86. The third-order valence-electron chi connectivity index (χ3n) is 3.58. The van der Waals surface area contributed by atoms with E-state index in [1.54, 1.807) is 0 Å². The predicted octanol–water partition coefficient (Wildman–Crippen LogP) is 3.28. The molecule has 1 saturated heterocycles. The van der Waals surface area contributed by atoms with Gasteiger partial charge in [-0.3, -0.25) is 0 Å². The van der Waals surface area contributed by atoms with Gasteiger partial charge in [0.2, 0.25) is 0 Å². The lowest BCUT2D eigenvalue weighted by molar-refractivity contribution is 0.277. The van der Waals surface area contributed by atoms with Gasteiger partial charge in [-0.05, 0) is 45.5 Å². The van der Waals surface area contributed by atoms with Crippen molar-refractivity contribution in [3.63, 3.8) is 0 Å². The maximum atomic E-state index is 5.87. The summed E-state index contributed by atoms with van der Waals surface area (Å²) in [6.07, 6.45) is 4.28. The average molecular weight is 293 g/mol. The first kappa shape index (κ1) is 15.0. The van der Waals surface area contributed by atoms with Gasteiger partial charge in [0.05, 0.1) is 0 Å². The molecule has 108 valence electrons. The van der Waals surface area contributed by atoms with Crippen LogP contribution >= 0.6 is 11.6 Å². The predicted molar refractivity (Wildman–Crippen MR) is 85.0 cm³/mol. The monoisotopic (exact) mass is 292 g/mol. The molecule has 0 amide bonds. The molecule has 0 radical (unpaired) electrons. The summed E-state index contributed by atoms with van der Waals surface area (Å²) in [5.74, 6) is 0.428. The Morgan fingerprint density at radius 3 is 2.40 bits per heavy atom. The standard InChI is InChI=1S/C9H8ClN3.C6H13N/c1-5-3-2-4-6-7(5)9(11)13-12-8(6)10;1-7-5-3-2-4-6-7/h2-4H,1H3,(H2,11,13);2-6H2,1H3. The van der Waals surface area contributed by atoms with Crippen molar-refractivity contribution in [1.29, 1.82) is 0 Å². The number of aromatic nitrogens is 2. The number of anilines is 1. The van der Waals surface area contributed by atoms with Crippen LogP contribution in [0, 0.1) is 6.92 Å². The molecular formula is C15H21ClN4. The maximum absolute atomic E-state index is 5.87. The Kier molecular flexibility index (Phi) is 5.15. The molecule has 2 heterocycles. The summed E-state index contributed by atoms with van der Waals surface area (Å²) in [5.41, 5.74) is 6.76. The fourth-order valence-corrected chi connectivity index (χ4v) is 2.63. The van der Waals surface area contributed by atoms with Crippen LogP contribution in [0.1, 0.15) is 24.8 Å². The van der Waals surface area contributed by atoms with Crippen molar-refractivity contribution in [2.75, 3.05) is 25.9 Å². The molecule has 0 spiro atoms.